The molecule has 0 aliphatic rings. The zero-order valence-electron chi connectivity index (χ0n) is 52.7. The SMILES string of the molecule is CCC/C=C\CCCCCCCC(=O)OCC(COC(=O)CCCCCCCCCCCCCCCCCCCCCCCCCCCCCCCCC)OC(=O)CCCCCCCCCCC/C=C\C/C=C\CCCCC. The Bertz CT molecular complexity index is 1300. The highest BCUT2D eigenvalue weighted by molar-refractivity contribution is 5.71. The van der Waals surface area contributed by atoms with Crippen molar-refractivity contribution in [3.8, 4) is 0 Å². The first-order valence-corrected chi connectivity index (χ1v) is 35.0. The van der Waals surface area contributed by atoms with E-state index in [4.69, 9.17) is 14.2 Å². The topological polar surface area (TPSA) is 78.9 Å². The summed E-state index contributed by atoms with van der Waals surface area (Å²) in [6.07, 6.45) is 83.4. The van der Waals surface area contributed by atoms with Crippen molar-refractivity contribution in [2.24, 2.45) is 0 Å². The molecule has 0 aromatic carbocycles. The summed E-state index contributed by atoms with van der Waals surface area (Å²) in [7, 11) is 0. The van der Waals surface area contributed by atoms with Gasteiger partial charge in [0, 0.05) is 19.3 Å². The van der Waals surface area contributed by atoms with Gasteiger partial charge in [0.2, 0.25) is 0 Å². The van der Waals surface area contributed by atoms with Gasteiger partial charge < -0.3 is 14.2 Å². The lowest BCUT2D eigenvalue weighted by molar-refractivity contribution is -0.167. The number of unbranched alkanes of at least 4 members (excludes halogenated alkanes) is 48. The predicted octanol–water partition coefficient (Wildman–Crippen LogP) is 23.9. The molecule has 0 aliphatic heterocycles. The van der Waals surface area contributed by atoms with Crippen molar-refractivity contribution in [1.82, 2.24) is 0 Å². The fourth-order valence-corrected chi connectivity index (χ4v) is 10.6. The Morgan fingerprint density at radius 1 is 0.256 bits per heavy atom. The van der Waals surface area contributed by atoms with E-state index < -0.39 is 6.10 Å². The first-order chi connectivity index (χ1) is 38.5. The van der Waals surface area contributed by atoms with Crippen LogP contribution in [-0.2, 0) is 28.6 Å². The van der Waals surface area contributed by atoms with Crippen molar-refractivity contribution in [2.45, 2.75) is 393 Å². The van der Waals surface area contributed by atoms with Gasteiger partial charge in [-0.05, 0) is 70.6 Å². The van der Waals surface area contributed by atoms with Gasteiger partial charge >= 0.3 is 17.9 Å². The van der Waals surface area contributed by atoms with Crippen LogP contribution in [0.1, 0.15) is 387 Å². The highest BCUT2D eigenvalue weighted by Gasteiger charge is 2.19. The number of allylic oxidation sites excluding steroid dienone is 6. The van der Waals surface area contributed by atoms with Crippen molar-refractivity contribution < 1.29 is 28.6 Å². The van der Waals surface area contributed by atoms with E-state index in [0.717, 1.165) is 77.0 Å². The third-order valence-electron chi connectivity index (χ3n) is 15.8. The number of carbonyl (C=O) groups excluding carboxylic acids is 3. The maximum Gasteiger partial charge on any atom is 0.306 e. The second kappa shape index (κ2) is 67.1. The fourth-order valence-electron chi connectivity index (χ4n) is 10.6. The zero-order valence-corrected chi connectivity index (χ0v) is 52.7. The molecule has 0 N–H and O–H groups in total. The van der Waals surface area contributed by atoms with Crippen LogP contribution in [-0.4, -0.2) is 37.2 Å². The zero-order chi connectivity index (χ0) is 56.4. The molecule has 0 amide bonds. The van der Waals surface area contributed by atoms with Crippen LogP contribution in [0.5, 0.6) is 0 Å². The minimum absolute atomic E-state index is 0.0724. The standard InChI is InChI=1S/C72H134O6/c1-4-7-10-13-16-19-22-24-26-28-30-31-32-33-34-35-36-37-38-39-40-41-43-44-46-48-50-53-56-59-62-65-71(74)77-68-69(67-76-70(73)64-61-58-55-52-21-18-15-12-9-6-3)78-72(75)66-63-60-57-54-51-49-47-45-42-29-27-25-23-20-17-14-11-8-5-2/h12,15,17,20,25,27,69H,4-11,13-14,16,18-19,21-24,26,28-68H2,1-3H3/b15-12-,20-17-,27-25-. The molecule has 0 bridgehead atoms. The van der Waals surface area contributed by atoms with Crippen LogP contribution in [0.4, 0.5) is 0 Å². The van der Waals surface area contributed by atoms with Gasteiger partial charge in [-0.3, -0.25) is 14.4 Å². The first-order valence-electron chi connectivity index (χ1n) is 35.0. The average Bonchev–Trinajstić information content (AvgIpc) is 3.44. The van der Waals surface area contributed by atoms with Crippen molar-refractivity contribution in [2.75, 3.05) is 13.2 Å². The summed E-state index contributed by atoms with van der Waals surface area (Å²) in [5.41, 5.74) is 0. The summed E-state index contributed by atoms with van der Waals surface area (Å²) in [4.78, 5) is 38.3. The lowest BCUT2D eigenvalue weighted by Crippen LogP contribution is -2.30. The average molecular weight is 1100 g/mol. The Labute approximate surface area is 486 Å². The van der Waals surface area contributed by atoms with E-state index in [-0.39, 0.29) is 31.1 Å². The molecule has 78 heavy (non-hydrogen) atoms. The number of esters is 3. The molecule has 0 rings (SSSR count). The van der Waals surface area contributed by atoms with Gasteiger partial charge in [-0.25, -0.2) is 0 Å². The normalized spacial score (nSPS) is 12.2. The largest absolute Gasteiger partial charge is 0.462 e. The molecule has 0 aromatic rings. The number of rotatable bonds is 65. The quantitative estimate of drug-likeness (QED) is 0.0261. The van der Waals surface area contributed by atoms with E-state index in [0.29, 0.717) is 19.3 Å². The molecule has 0 fully saturated rings. The second-order valence-electron chi connectivity index (χ2n) is 23.8. The van der Waals surface area contributed by atoms with Crippen LogP contribution >= 0.6 is 0 Å². The maximum atomic E-state index is 12.9. The molecule has 6 nitrogen and oxygen atoms in total. The summed E-state index contributed by atoms with van der Waals surface area (Å²) in [5.74, 6) is -0.865. The maximum absolute atomic E-state index is 12.9. The van der Waals surface area contributed by atoms with Crippen LogP contribution in [0.3, 0.4) is 0 Å². The van der Waals surface area contributed by atoms with Gasteiger partial charge in [0.25, 0.3) is 0 Å². The lowest BCUT2D eigenvalue weighted by Gasteiger charge is -2.18. The van der Waals surface area contributed by atoms with Gasteiger partial charge in [-0.15, -0.1) is 0 Å². The molecule has 0 aliphatic carbocycles. The van der Waals surface area contributed by atoms with Gasteiger partial charge in [-0.1, -0.05) is 333 Å². The monoisotopic (exact) mass is 1100 g/mol. The Kier molecular flexibility index (Phi) is 65.1. The second-order valence-corrected chi connectivity index (χ2v) is 23.8. The number of hydrogen-bond acceptors (Lipinski definition) is 6. The third-order valence-corrected chi connectivity index (χ3v) is 15.8. The van der Waals surface area contributed by atoms with Crippen molar-refractivity contribution in [3.63, 3.8) is 0 Å². The van der Waals surface area contributed by atoms with Crippen LogP contribution in [0.2, 0.25) is 0 Å². The molecule has 1 atom stereocenters. The van der Waals surface area contributed by atoms with E-state index in [9.17, 15) is 14.4 Å². The molecule has 458 valence electrons. The summed E-state index contributed by atoms with van der Waals surface area (Å²) < 4.78 is 16.9. The molecule has 0 aromatic heterocycles. The summed E-state index contributed by atoms with van der Waals surface area (Å²) in [5, 5.41) is 0. The van der Waals surface area contributed by atoms with Gasteiger partial charge in [-0.2, -0.15) is 0 Å². The molecular formula is C72H134O6. The van der Waals surface area contributed by atoms with E-state index in [2.05, 4.69) is 57.2 Å². The van der Waals surface area contributed by atoms with Crippen LogP contribution in [0, 0.1) is 0 Å². The number of carbonyl (C=O) groups is 3. The molecule has 1 unspecified atom stereocenters. The van der Waals surface area contributed by atoms with Crippen LogP contribution < -0.4 is 0 Å². The first kappa shape index (κ1) is 75.6. The number of ether oxygens (including phenoxy) is 3. The Balaban J connectivity index is 4.07. The highest BCUT2D eigenvalue weighted by atomic mass is 16.6. The summed E-state index contributed by atoms with van der Waals surface area (Å²) in [6, 6.07) is 0. The summed E-state index contributed by atoms with van der Waals surface area (Å²) in [6.45, 7) is 6.61. The van der Waals surface area contributed by atoms with Gasteiger partial charge in [0.05, 0.1) is 0 Å². The minimum Gasteiger partial charge on any atom is -0.462 e. The third kappa shape index (κ3) is 64.5. The van der Waals surface area contributed by atoms with Gasteiger partial charge in [0.1, 0.15) is 13.2 Å². The highest BCUT2D eigenvalue weighted by Crippen LogP contribution is 2.19. The molecule has 0 saturated carbocycles. The van der Waals surface area contributed by atoms with Crippen molar-refractivity contribution in [3.05, 3.63) is 36.5 Å². The molecule has 0 heterocycles. The number of hydrogen-bond donors (Lipinski definition) is 0. The minimum atomic E-state index is -0.776. The molecule has 0 saturated heterocycles. The Hall–Kier alpha value is -2.37. The van der Waals surface area contributed by atoms with Crippen molar-refractivity contribution >= 4 is 17.9 Å². The lowest BCUT2D eigenvalue weighted by atomic mass is 10.0. The van der Waals surface area contributed by atoms with E-state index in [1.165, 1.54) is 270 Å². The Morgan fingerprint density at radius 3 is 0.795 bits per heavy atom. The van der Waals surface area contributed by atoms with E-state index in [1.54, 1.807) is 0 Å². The molecule has 0 spiro atoms. The van der Waals surface area contributed by atoms with Gasteiger partial charge in [0.15, 0.2) is 6.10 Å². The molecule has 6 heteroatoms. The van der Waals surface area contributed by atoms with Crippen LogP contribution in [0.15, 0.2) is 36.5 Å². The fraction of sp³-hybridized carbons (Fsp3) is 0.875. The Morgan fingerprint density at radius 2 is 0.487 bits per heavy atom. The molecule has 0 radical (unpaired) electrons. The summed E-state index contributed by atoms with van der Waals surface area (Å²) >= 11 is 0. The predicted molar refractivity (Wildman–Crippen MR) is 339 cm³/mol. The van der Waals surface area contributed by atoms with E-state index in [1.807, 2.05) is 0 Å². The van der Waals surface area contributed by atoms with Crippen LogP contribution in [0.25, 0.3) is 0 Å². The smallest absolute Gasteiger partial charge is 0.306 e. The van der Waals surface area contributed by atoms with Crippen molar-refractivity contribution in [1.29, 1.82) is 0 Å². The van der Waals surface area contributed by atoms with E-state index >= 15 is 0 Å². The molecular weight excluding hydrogens is 961 g/mol.